The van der Waals surface area contributed by atoms with E-state index < -0.39 is 6.10 Å². The molecule has 0 aliphatic carbocycles. The zero-order valence-electron chi connectivity index (χ0n) is 16.9. The molecule has 0 unspecified atom stereocenters. The topological polar surface area (TPSA) is 68.5 Å². The van der Waals surface area contributed by atoms with E-state index in [2.05, 4.69) is 10.1 Å². The quantitative estimate of drug-likeness (QED) is 0.550. The maximum absolute atomic E-state index is 13.0. The number of aryl methyl sites for hydroxylation is 1. The molecule has 152 valence electrons. The van der Waals surface area contributed by atoms with E-state index in [-0.39, 0.29) is 18.5 Å². The van der Waals surface area contributed by atoms with Crippen molar-refractivity contribution in [1.29, 1.82) is 0 Å². The lowest BCUT2D eigenvalue weighted by molar-refractivity contribution is -0.140. The van der Waals surface area contributed by atoms with Crippen LogP contribution in [0.2, 0.25) is 5.02 Å². The van der Waals surface area contributed by atoms with E-state index in [9.17, 15) is 4.79 Å². The predicted octanol–water partition coefficient (Wildman–Crippen LogP) is 4.90. The van der Waals surface area contributed by atoms with E-state index in [4.69, 9.17) is 20.9 Å². The number of benzene rings is 2. The number of halogens is 1. The van der Waals surface area contributed by atoms with Crippen LogP contribution in [0.4, 0.5) is 0 Å². The van der Waals surface area contributed by atoms with Crippen LogP contribution in [0.25, 0.3) is 11.4 Å². The van der Waals surface area contributed by atoms with Gasteiger partial charge in [-0.15, -0.1) is 0 Å². The molecule has 0 bridgehead atoms. The van der Waals surface area contributed by atoms with E-state index in [1.165, 1.54) is 0 Å². The molecule has 0 saturated carbocycles. The van der Waals surface area contributed by atoms with Crippen molar-refractivity contribution in [3.8, 4) is 17.1 Å². The minimum atomic E-state index is -0.685. The summed E-state index contributed by atoms with van der Waals surface area (Å²) in [4.78, 5) is 19.1. The second-order valence-corrected chi connectivity index (χ2v) is 7.59. The first-order chi connectivity index (χ1) is 13.8. The maximum atomic E-state index is 13.0. The highest BCUT2D eigenvalue weighted by atomic mass is 35.5. The third-order valence-corrected chi connectivity index (χ3v) is 4.68. The van der Waals surface area contributed by atoms with E-state index in [1.807, 2.05) is 45.0 Å². The highest BCUT2D eigenvalue weighted by Gasteiger charge is 2.26. The Morgan fingerprint density at radius 3 is 2.55 bits per heavy atom. The summed E-state index contributed by atoms with van der Waals surface area (Å²) >= 11 is 5.99. The second kappa shape index (κ2) is 9.09. The Labute approximate surface area is 175 Å². The molecule has 0 N–H and O–H groups in total. The summed E-state index contributed by atoms with van der Waals surface area (Å²) in [6.45, 7) is 7.80. The summed E-state index contributed by atoms with van der Waals surface area (Å²) < 4.78 is 11.1. The first-order valence-corrected chi connectivity index (χ1v) is 9.83. The maximum Gasteiger partial charge on any atom is 0.264 e. The number of ether oxygens (including phenoxy) is 1. The van der Waals surface area contributed by atoms with Gasteiger partial charge in [-0.2, -0.15) is 4.98 Å². The lowest BCUT2D eigenvalue weighted by atomic mass is 10.1. The van der Waals surface area contributed by atoms with E-state index in [1.54, 1.807) is 36.1 Å². The molecule has 3 aromatic rings. The molecule has 0 radical (unpaired) electrons. The van der Waals surface area contributed by atoms with Crippen LogP contribution >= 0.6 is 11.6 Å². The van der Waals surface area contributed by atoms with Gasteiger partial charge in [0.1, 0.15) is 12.3 Å². The molecule has 29 heavy (non-hydrogen) atoms. The molecular formula is C22H24ClN3O3. The van der Waals surface area contributed by atoms with E-state index >= 15 is 0 Å². The highest BCUT2D eigenvalue weighted by molar-refractivity contribution is 6.30. The first-order valence-electron chi connectivity index (χ1n) is 9.46. The zero-order valence-corrected chi connectivity index (χ0v) is 17.7. The summed E-state index contributed by atoms with van der Waals surface area (Å²) in [5, 5.41) is 4.59. The minimum Gasteiger partial charge on any atom is -0.481 e. The van der Waals surface area contributed by atoms with Gasteiger partial charge in [0.15, 0.2) is 6.10 Å². The third kappa shape index (κ3) is 5.35. The van der Waals surface area contributed by atoms with Crippen LogP contribution in [-0.2, 0) is 11.3 Å². The number of carbonyl (C=O) groups is 1. The number of nitrogens with zero attached hydrogens (tertiary/aromatic N) is 3. The summed E-state index contributed by atoms with van der Waals surface area (Å²) in [5.41, 5.74) is 2.02. The zero-order chi connectivity index (χ0) is 21.0. The molecule has 0 saturated heterocycles. The van der Waals surface area contributed by atoms with Gasteiger partial charge in [-0.05, 0) is 45.9 Å². The molecule has 7 heteroatoms. The first kappa shape index (κ1) is 20.9. The van der Waals surface area contributed by atoms with Gasteiger partial charge in [-0.1, -0.05) is 52.7 Å². The SMILES string of the molecule is Cc1ccc(-c2noc(CN(C(=O)[C@@H](C)Oc3cccc(Cl)c3)C(C)C)n2)cc1. The van der Waals surface area contributed by atoms with Crippen molar-refractivity contribution in [2.45, 2.75) is 46.4 Å². The van der Waals surface area contributed by atoms with Crippen molar-refractivity contribution >= 4 is 17.5 Å². The number of carbonyl (C=O) groups excluding carboxylic acids is 1. The Balaban J connectivity index is 1.71. The Bertz CT molecular complexity index is 969. The van der Waals surface area contributed by atoms with Gasteiger partial charge in [0, 0.05) is 16.6 Å². The van der Waals surface area contributed by atoms with Crippen molar-refractivity contribution in [2.75, 3.05) is 0 Å². The molecule has 1 aromatic heterocycles. The molecule has 6 nitrogen and oxygen atoms in total. The normalized spacial score (nSPS) is 12.1. The van der Waals surface area contributed by atoms with Crippen LogP contribution in [0.5, 0.6) is 5.75 Å². The number of aromatic nitrogens is 2. The van der Waals surface area contributed by atoms with Crippen LogP contribution in [0.3, 0.4) is 0 Å². The molecule has 2 aromatic carbocycles. The molecule has 0 aliphatic rings. The monoisotopic (exact) mass is 413 g/mol. The number of rotatable bonds is 7. The van der Waals surface area contributed by atoms with Gasteiger partial charge in [0.05, 0.1) is 0 Å². The second-order valence-electron chi connectivity index (χ2n) is 7.16. The van der Waals surface area contributed by atoms with Gasteiger partial charge in [-0.3, -0.25) is 4.79 Å². The minimum absolute atomic E-state index is 0.0670. The molecule has 3 rings (SSSR count). The van der Waals surface area contributed by atoms with Crippen molar-refractivity contribution < 1.29 is 14.1 Å². The lowest BCUT2D eigenvalue weighted by Gasteiger charge is -2.28. The molecule has 1 amide bonds. The molecule has 0 fully saturated rings. The Hall–Kier alpha value is -2.86. The lowest BCUT2D eigenvalue weighted by Crippen LogP contribution is -2.43. The Morgan fingerprint density at radius 1 is 1.17 bits per heavy atom. The van der Waals surface area contributed by atoms with E-state index in [0.717, 1.165) is 11.1 Å². The van der Waals surface area contributed by atoms with Crippen LogP contribution < -0.4 is 4.74 Å². The Kier molecular flexibility index (Phi) is 6.54. The molecule has 0 spiro atoms. The third-order valence-electron chi connectivity index (χ3n) is 4.45. The predicted molar refractivity (Wildman–Crippen MR) is 112 cm³/mol. The smallest absolute Gasteiger partial charge is 0.264 e. The molecular weight excluding hydrogens is 390 g/mol. The van der Waals surface area contributed by atoms with Gasteiger partial charge < -0.3 is 14.2 Å². The summed E-state index contributed by atoms with van der Waals surface area (Å²) in [5.74, 6) is 1.24. The fourth-order valence-corrected chi connectivity index (χ4v) is 3.01. The summed E-state index contributed by atoms with van der Waals surface area (Å²) in [6, 6.07) is 14.8. The van der Waals surface area contributed by atoms with Crippen LogP contribution in [-0.4, -0.2) is 33.1 Å². The average molecular weight is 414 g/mol. The molecule has 0 aliphatic heterocycles. The standard InChI is InChI=1S/C22H24ClN3O3/c1-14(2)26(22(27)16(4)28-19-7-5-6-18(23)12-19)13-20-24-21(25-29-20)17-10-8-15(3)9-11-17/h5-12,14,16H,13H2,1-4H3/t16-/m1/s1. The number of hydrogen-bond acceptors (Lipinski definition) is 5. The number of amides is 1. The largest absolute Gasteiger partial charge is 0.481 e. The average Bonchev–Trinajstić information content (AvgIpc) is 3.14. The van der Waals surface area contributed by atoms with Crippen LogP contribution in [0.1, 0.15) is 32.2 Å². The highest BCUT2D eigenvalue weighted by Crippen LogP contribution is 2.21. The summed E-state index contributed by atoms with van der Waals surface area (Å²) in [6.07, 6.45) is -0.685. The van der Waals surface area contributed by atoms with Crippen LogP contribution in [0.15, 0.2) is 53.1 Å². The van der Waals surface area contributed by atoms with Crippen molar-refractivity contribution in [3.63, 3.8) is 0 Å². The van der Waals surface area contributed by atoms with Gasteiger partial charge in [0.25, 0.3) is 5.91 Å². The Morgan fingerprint density at radius 2 is 1.90 bits per heavy atom. The molecule has 1 atom stereocenters. The van der Waals surface area contributed by atoms with Crippen molar-refractivity contribution in [3.05, 3.63) is 65.0 Å². The van der Waals surface area contributed by atoms with Crippen molar-refractivity contribution in [2.24, 2.45) is 0 Å². The van der Waals surface area contributed by atoms with Gasteiger partial charge >= 0.3 is 0 Å². The molecule has 1 heterocycles. The fourth-order valence-electron chi connectivity index (χ4n) is 2.83. The van der Waals surface area contributed by atoms with E-state index in [0.29, 0.717) is 22.5 Å². The fraction of sp³-hybridized carbons (Fsp3) is 0.318. The summed E-state index contributed by atoms with van der Waals surface area (Å²) in [7, 11) is 0. The number of hydrogen-bond donors (Lipinski definition) is 0. The van der Waals surface area contributed by atoms with Crippen molar-refractivity contribution in [1.82, 2.24) is 15.0 Å². The van der Waals surface area contributed by atoms with Gasteiger partial charge in [0.2, 0.25) is 11.7 Å². The van der Waals surface area contributed by atoms with Crippen LogP contribution in [0, 0.1) is 6.92 Å². The van der Waals surface area contributed by atoms with Gasteiger partial charge in [-0.25, -0.2) is 0 Å².